The predicted octanol–water partition coefficient (Wildman–Crippen LogP) is 5.48. The van der Waals surface area contributed by atoms with Crippen LogP contribution in [0.15, 0.2) is 0 Å². The highest BCUT2D eigenvalue weighted by Crippen LogP contribution is 2.11. The summed E-state index contributed by atoms with van der Waals surface area (Å²) in [6.07, 6.45) is 18.2. The highest BCUT2D eigenvalue weighted by atomic mass is 16.5. The fourth-order valence-electron chi connectivity index (χ4n) is 2.46. The van der Waals surface area contributed by atoms with Gasteiger partial charge in [-0.25, -0.2) is 0 Å². The normalized spacial score (nSPS) is 11.1. The van der Waals surface area contributed by atoms with Crippen LogP contribution in [0.3, 0.4) is 0 Å². The summed E-state index contributed by atoms with van der Waals surface area (Å²) in [7, 11) is 0. The van der Waals surface area contributed by atoms with Crippen molar-refractivity contribution >= 4 is 0 Å². The third-order valence-corrected chi connectivity index (χ3v) is 3.84. The molecule has 0 saturated carbocycles. The molecule has 122 valence electrons. The zero-order valence-corrected chi connectivity index (χ0v) is 13.9. The van der Waals surface area contributed by atoms with E-state index < -0.39 is 0 Å². The number of rotatable bonds is 17. The van der Waals surface area contributed by atoms with Crippen molar-refractivity contribution in [3.05, 3.63) is 0 Å². The molecule has 0 heterocycles. The third kappa shape index (κ3) is 17.9. The Morgan fingerprint density at radius 1 is 0.550 bits per heavy atom. The second kappa shape index (κ2) is 18.9. The molecule has 2 nitrogen and oxygen atoms in total. The van der Waals surface area contributed by atoms with Crippen molar-refractivity contribution in [2.45, 2.75) is 96.8 Å². The van der Waals surface area contributed by atoms with Crippen LogP contribution in [0, 0.1) is 0 Å². The van der Waals surface area contributed by atoms with E-state index in [4.69, 9.17) is 9.84 Å². The Balaban J connectivity index is 2.89. The van der Waals surface area contributed by atoms with Crippen LogP contribution in [-0.4, -0.2) is 24.9 Å². The first kappa shape index (κ1) is 19.9. The second-order valence-corrected chi connectivity index (χ2v) is 5.93. The summed E-state index contributed by atoms with van der Waals surface area (Å²) >= 11 is 0. The van der Waals surface area contributed by atoms with Crippen molar-refractivity contribution in [2.24, 2.45) is 0 Å². The Morgan fingerprint density at radius 2 is 0.950 bits per heavy atom. The van der Waals surface area contributed by atoms with E-state index >= 15 is 0 Å². The summed E-state index contributed by atoms with van der Waals surface area (Å²) in [6.45, 7) is 4.52. The molecule has 0 aliphatic carbocycles. The number of aliphatic hydroxyl groups excluding tert-OH is 1. The van der Waals surface area contributed by atoms with E-state index in [9.17, 15) is 0 Å². The molecule has 20 heavy (non-hydrogen) atoms. The van der Waals surface area contributed by atoms with Gasteiger partial charge in [-0.2, -0.15) is 0 Å². The first-order chi connectivity index (χ1) is 9.91. The van der Waals surface area contributed by atoms with Gasteiger partial charge < -0.3 is 9.84 Å². The van der Waals surface area contributed by atoms with Crippen LogP contribution in [0.5, 0.6) is 0 Å². The minimum atomic E-state index is 0.363. The Bertz CT molecular complexity index is 141. The lowest BCUT2D eigenvalue weighted by molar-refractivity contribution is 0.126. The quantitative estimate of drug-likeness (QED) is 0.359. The summed E-state index contributed by atoms with van der Waals surface area (Å²) in [5, 5.41) is 8.67. The molecule has 0 rings (SSSR count). The minimum absolute atomic E-state index is 0.363. The number of ether oxygens (including phenoxy) is 1. The molecule has 0 radical (unpaired) electrons. The zero-order valence-electron chi connectivity index (χ0n) is 13.9. The Hall–Kier alpha value is -0.0800. The van der Waals surface area contributed by atoms with Crippen LogP contribution in [0.25, 0.3) is 0 Å². The standard InChI is InChI=1S/C18H38O2/c1-2-3-14-17-20-18-15-12-10-8-6-4-5-7-9-11-13-16-19/h19H,2-18H2,1H3. The van der Waals surface area contributed by atoms with Crippen LogP contribution in [-0.2, 0) is 4.74 Å². The van der Waals surface area contributed by atoms with Gasteiger partial charge in [0.2, 0.25) is 0 Å². The molecule has 0 saturated heterocycles. The van der Waals surface area contributed by atoms with Crippen molar-refractivity contribution in [1.82, 2.24) is 0 Å². The maximum absolute atomic E-state index is 8.67. The largest absolute Gasteiger partial charge is 0.396 e. The van der Waals surface area contributed by atoms with E-state index in [1.807, 2.05) is 0 Å². The fourth-order valence-corrected chi connectivity index (χ4v) is 2.46. The van der Waals surface area contributed by atoms with Crippen molar-refractivity contribution < 1.29 is 9.84 Å². The molecule has 0 aromatic heterocycles. The number of unbranched alkanes of at least 4 members (excludes halogenated alkanes) is 12. The van der Waals surface area contributed by atoms with Crippen LogP contribution in [0.2, 0.25) is 0 Å². The maximum atomic E-state index is 8.67. The molecule has 0 atom stereocenters. The fraction of sp³-hybridized carbons (Fsp3) is 1.00. The van der Waals surface area contributed by atoms with E-state index in [1.54, 1.807) is 0 Å². The maximum Gasteiger partial charge on any atom is 0.0466 e. The van der Waals surface area contributed by atoms with Crippen LogP contribution >= 0.6 is 0 Å². The van der Waals surface area contributed by atoms with Gasteiger partial charge in [-0.05, 0) is 19.3 Å². The molecule has 0 amide bonds. The average molecular weight is 286 g/mol. The van der Waals surface area contributed by atoms with Crippen LogP contribution in [0.1, 0.15) is 96.8 Å². The van der Waals surface area contributed by atoms with E-state index in [0.717, 1.165) is 19.6 Å². The first-order valence-electron chi connectivity index (χ1n) is 9.10. The molecule has 0 bridgehead atoms. The molecule has 0 unspecified atom stereocenters. The topological polar surface area (TPSA) is 29.5 Å². The average Bonchev–Trinajstić information content (AvgIpc) is 2.47. The molecule has 1 N–H and O–H groups in total. The summed E-state index contributed by atoms with van der Waals surface area (Å²) < 4.78 is 5.61. The molecular weight excluding hydrogens is 248 g/mol. The molecule has 0 aromatic carbocycles. The SMILES string of the molecule is CCCCCOCCCCCCCCCCCCCO. The lowest BCUT2D eigenvalue weighted by atomic mass is 10.1. The smallest absolute Gasteiger partial charge is 0.0466 e. The Kier molecular flexibility index (Phi) is 18.8. The summed E-state index contributed by atoms with van der Waals surface area (Å²) in [5.74, 6) is 0. The van der Waals surface area contributed by atoms with Crippen molar-refractivity contribution in [2.75, 3.05) is 19.8 Å². The van der Waals surface area contributed by atoms with E-state index in [-0.39, 0.29) is 0 Å². The van der Waals surface area contributed by atoms with Crippen molar-refractivity contribution in [3.63, 3.8) is 0 Å². The molecule has 0 aromatic rings. The summed E-state index contributed by atoms with van der Waals surface area (Å²) in [6, 6.07) is 0. The molecule has 0 fully saturated rings. The second-order valence-electron chi connectivity index (χ2n) is 5.93. The van der Waals surface area contributed by atoms with Gasteiger partial charge in [0.1, 0.15) is 0 Å². The summed E-state index contributed by atoms with van der Waals surface area (Å²) in [4.78, 5) is 0. The van der Waals surface area contributed by atoms with Crippen LogP contribution < -0.4 is 0 Å². The van der Waals surface area contributed by atoms with Gasteiger partial charge in [-0.3, -0.25) is 0 Å². The zero-order chi connectivity index (χ0) is 14.7. The van der Waals surface area contributed by atoms with Gasteiger partial charge in [-0.1, -0.05) is 77.6 Å². The molecule has 0 aliphatic heterocycles. The van der Waals surface area contributed by atoms with Gasteiger partial charge in [-0.15, -0.1) is 0 Å². The van der Waals surface area contributed by atoms with Gasteiger partial charge in [0.25, 0.3) is 0 Å². The molecule has 0 spiro atoms. The van der Waals surface area contributed by atoms with Gasteiger partial charge >= 0.3 is 0 Å². The number of hydrogen-bond acceptors (Lipinski definition) is 2. The van der Waals surface area contributed by atoms with E-state index in [2.05, 4.69) is 6.92 Å². The molecule has 2 heteroatoms. The highest BCUT2D eigenvalue weighted by Gasteiger charge is 1.94. The van der Waals surface area contributed by atoms with E-state index in [1.165, 1.54) is 83.5 Å². The van der Waals surface area contributed by atoms with Crippen molar-refractivity contribution in [1.29, 1.82) is 0 Å². The van der Waals surface area contributed by atoms with Crippen molar-refractivity contribution in [3.8, 4) is 0 Å². The van der Waals surface area contributed by atoms with Gasteiger partial charge in [0, 0.05) is 19.8 Å². The highest BCUT2D eigenvalue weighted by molar-refractivity contribution is 4.48. The Morgan fingerprint density at radius 3 is 1.40 bits per heavy atom. The lowest BCUT2D eigenvalue weighted by Crippen LogP contribution is -1.96. The Labute approximate surface area is 127 Å². The van der Waals surface area contributed by atoms with Crippen LogP contribution in [0.4, 0.5) is 0 Å². The van der Waals surface area contributed by atoms with Gasteiger partial charge in [0.15, 0.2) is 0 Å². The molecule has 0 aliphatic rings. The summed E-state index contributed by atoms with van der Waals surface area (Å²) in [5.41, 5.74) is 0. The third-order valence-electron chi connectivity index (χ3n) is 3.84. The monoisotopic (exact) mass is 286 g/mol. The number of hydrogen-bond donors (Lipinski definition) is 1. The predicted molar refractivity (Wildman–Crippen MR) is 88.2 cm³/mol. The number of aliphatic hydroxyl groups is 1. The molecular formula is C18H38O2. The van der Waals surface area contributed by atoms with E-state index in [0.29, 0.717) is 6.61 Å². The lowest BCUT2D eigenvalue weighted by Gasteiger charge is -2.04. The first-order valence-corrected chi connectivity index (χ1v) is 9.10. The van der Waals surface area contributed by atoms with Gasteiger partial charge in [0.05, 0.1) is 0 Å². The minimum Gasteiger partial charge on any atom is -0.396 e.